The molecule has 4 N–H and O–H groups in total. The van der Waals surface area contributed by atoms with Gasteiger partial charge in [-0.25, -0.2) is 13.2 Å². The van der Waals surface area contributed by atoms with E-state index < -0.39 is 22.0 Å². The minimum atomic E-state index is -3.71. The van der Waals surface area contributed by atoms with Gasteiger partial charge in [-0.2, -0.15) is 5.26 Å². The average molecular weight is 685 g/mol. The zero-order chi connectivity index (χ0) is 32.0. The van der Waals surface area contributed by atoms with Gasteiger partial charge in [0.25, 0.3) is 0 Å². The minimum absolute atomic E-state index is 0.00333. The van der Waals surface area contributed by atoms with Gasteiger partial charge in [0.05, 0.1) is 41.8 Å². The van der Waals surface area contributed by atoms with E-state index in [1.54, 1.807) is 25.1 Å². The lowest BCUT2D eigenvalue weighted by molar-refractivity contribution is -0.117. The second-order valence-electron chi connectivity index (χ2n) is 11.1. The van der Waals surface area contributed by atoms with Crippen LogP contribution in [0.1, 0.15) is 69.9 Å². The summed E-state index contributed by atoms with van der Waals surface area (Å²) in [6, 6.07) is 13.0. The van der Waals surface area contributed by atoms with E-state index in [2.05, 4.69) is 49.6 Å². The maximum absolute atomic E-state index is 13.6. The largest absolute Gasteiger partial charge is 0.453 e. The monoisotopic (exact) mass is 683 g/mol. The predicted octanol–water partition coefficient (Wildman–Crippen LogP) is 6.91. The first-order valence-corrected chi connectivity index (χ1v) is 17.1. The highest BCUT2D eigenvalue weighted by atomic mass is 79.9. The van der Waals surface area contributed by atoms with Gasteiger partial charge >= 0.3 is 6.09 Å². The number of halogens is 1. The Balaban J connectivity index is 1.80. The number of dihydropyridines is 1. The van der Waals surface area contributed by atoms with E-state index in [1.807, 2.05) is 25.1 Å². The number of nitrogens with one attached hydrogen (secondary N) is 4. The Bertz CT molecular complexity index is 1660. The van der Waals surface area contributed by atoms with E-state index >= 15 is 0 Å². The molecule has 4 rings (SSSR count). The highest BCUT2D eigenvalue weighted by Crippen LogP contribution is 2.46. The van der Waals surface area contributed by atoms with Crippen molar-refractivity contribution in [2.24, 2.45) is 5.92 Å². The van der Waals surface area contributed by atoms with Gasteiger partial charge in [-0.3, -0.25) is 14.8 Å². The molecule has 2 aliphatic rings. The van der Waals surface area contributed by atoms with Crippen molar-refractivity contribution >= 4 is 54.9 Å². The number of amides is 1. The molecule has 44 heavy (non-hydrogen) atoms. The Hall–Kier alpha value is -3.82. The van der Waals surface area contributed by atoms with E-state index in [9.17, 15) is 23.3 Å². The molecular weight excluding hydrogens is 646 g/mol. The summed E-state index contributed by atoms with van der Waals surface area (Å²) < 4.78 is 34.1. The number of sulfonamides is 1. The number of carbonyl (C=O) groups excluding carboxylic acids is 2. The smallest absolute Gasteiger partial charge is 0.411 e. The Morgan fingerprint density at radius 2 is 1.91 bits per heavy atom. The van der Waals surface area contributed by atoms with Crippen LogP contribution in [0.25, 0.3) is 0 Å². The van der Waals surface area contributed by atoms with Crippen LogP contribution in [0.4, 0.5) is 21.9 Å². The van der Waals surface area contributed by atoms with Crippen LogP contribution < -0.4 is 20.7 Å². The van der Waals surface area contributed by atoms with Crippen molar-refractivity contribution in [3.05, 3.63) is 74.5 Å². The van der Waals surface area contributed by atoms with Crippen molar-refractivity contribution in [1.29, 1.82) is 5.26 Å². The number of carbonyl (C=O) groups is 2. The van der Waals surface area contributed by atoms with E-state index in [1.165, 1.54) is 7.11 Å². The highest BCUT2D eigenvalue weighted by Gasteiger charge is 2.39. The number of hydrogen-bond acceptors (Lipinski definition) is 8. The number of ether oxygens (including phenoxy) is 1. The van der Waals surface area contributed by atoms with Crippen LogP contribution in [0.5, 0.6) is 0 Å². The van der Waals surface area contributed by atoms with Crippen LogP contribution in [-0.4, -0.2) is 33.2 Å². The number of benzene rings is 2. The predicted molar refractivity (Wildman–Crippen MR) is 175 cm³/mol. The molecule has 2 aromatic rings. The second kappa shape index (κ2) is 14.3. The number of Topliss-reactive ketones (excluding diaryl/α,β-unsaturated/α-hetero) is 1. The summed E-state index contributed by atoms with van der Waals surface area (Å²) in [5, 5.41) is 19.5. The van der Waals surface area contributed by atoms with E-state index in [-0.39, 0.29) is 29.7 Å². The van der Waals surface area contributed by atoms with Crippen LogP contribution in [-0.2, 0) is 26.1 Å². The molecule has 1 heterocycles. The first kappa shape index (κ1) is 33.1. The summed E-state index contributed by atoms with van der Waals surface area (Å²) in [5.74, 6) is -0.482. The number of allylic oxidation sites excluding steroid dienone is 4. The molecule has 2 atom stereocenters. The fourth-order valence-corrected chi connectivity index (χ4v) is 7.65. The summed E-state index contributed by atoms with van der Waals surface area (Å²) in [6.07, 6.45) is 2.87. The Morgan fingerprint density at radius 3 is 2.59 bits per heavy atom. The lowest BCUT2D eigenvalue weighted by Gasteiger charge is -2.36. The number of hydrogen-bond donors (Lipinski definition) is 4. The third kappa shape index (κ3) is 7.45. The molecule has 0 bridgehead atoms. The second-order valence-corrected chi connectivity index (χ2v) is 13.8. The molecule has 1 amide bonds. The summed E-state index contributed by atoms with van der Waals surface area (Å²) in [4.78, 5) is 25.5. The molecule has 1 aliphatic carbocycles. The number of nitrogens with zero attached hydrogens (tertiary/aromatic N) is 1. The zero-order valence-corrected chi connectivity index (χ0v) is 27.7. The molecule has 0 saturated carbocycles. The van der Waals surface area contributed by atoms with Crippen LogP contribution in [0.3, 0.4) is 0 Å². The highest BCUT2D eigenvalue weighted by molar-refractivity contribution is 9.10. The first-order valence-electron chi connectivity index (χ1n) is 14.7. The standard InChI is InChI=1S/C32H38BrN5O5S/c1-5-9-20-13-26-30(28(39)14-20)29(23(17-34)19(3)36-26)22-15-24(33)31(27(16-22)38-44(41,42)12-6-2)35-18-21-10-7-8-11-25(21)37-32(40)43-4/h7-8,10-11,15-16,20,29,35-36,38H,5-6,9,12-14,18H2,1-4H3,(H,37,40). The number of anilines is 3. The third-order valence-electron chi connectivity index (χ3n) is 7.81. The van der Waals surface area contributed by atoms with Gasteiger partial charge in [-0.1, -0.05) is 38.5 Å². The van der Waals surface area contributed by atoms with Crippen LogP contribution >= 0.6 is 15.9 Å². The summed E-state index contributed by atoms with van der Waals surface area (Å²) in [6.45, 7) is 5.96. The summed E-state index contributed by atoms with van der Waals surface area (Å²) >= 11 is 3.64. The molecule has 12 heteroatoms. The zero-order valence-electron chi connectivity index (χ0n) is 25.3. The molecule has 2 unspecified atom stereocenters. The fourth-order valence-electron chi connectivity index (χ4n) is 5.90. The lowest BCUT2D eigenvalue weighted by atomic mass is 9.72. The molecule has 0 radical (unpaired) electrons. The molecule has 1 aliphatic heterocycles. The number of nitriles is 1. The number of para-hydroxylation sites is 1. The van der Waals surface area contributed by atoms with Crippen molar-refractivity contribution in [2.75, 3.05) is 28.2 Å². The Labute approximate surface area is 267 Å². The molecular formula is C32H38BrN5O5S. The van der Waals surface area contributed by atoms with Crippen molar-refractivity contribution < 1.29 is 22.7 Å². The van der Waals surface area contributed by atoms with Crippen LogP contribution in [0.2, 0.25) is 0 Å². The summed E-state index contributed by atoms with van der Waals surface area (Å²) in [7, 11) is -2.43. The number of methoxy groups -OCH3 is 1. The molecule has 0 aromatic heterocycles. The van der Waals surface area contributed by atoms with Crippen molar-refractivity contribution in [3.63, 3.8) is 0 Å². The molecule has 0 saturated heterocycles. The first-order chi connectivity index (χ1) is 21.0. The molecule has 0 fully saturated rings. The van der Waals surface area contributed by atoms with Gasteiger partial charge in [0.1, 0.15) is 0 Å². The van der Waals surface area contributed by atoms with Gasteiger partial charge in [0.15, 0.2) is 5.78 Å². The van der Waals surface area contributed by atoms with Gasteiger partial charge in [-0.15, -0.1) is 0 Å². The fraction of sp³-hybridized carbons (Fsp3) is 0.406. The average Bonchev–Trinajstić information content (AvgIpc) is 2.96. The van der Waals surface area contributed by atoms with E-state index in [0.717, 1.165) is 30.5 Å². The van der Waals surface area contributed by atoms with E-state index in [0.29, 0.717) is 51.1 Å². The molecule has 0 spiro atoms. The van der Waals surface area contributed by atoms with Gasteiger partial charge in [0, 0.05) is 40.1 Å². The maximum atomic E-state index is 13.6. The molecule has 234 valence electrons. The Morgan fingerprint density at radius 1 is 1.16 bits per heavy atom. The number of rotatable bonds is 11. The van der Waals surface area contributed by atoms with Crippen LogP contribution in [0, 0.1) is 17.2 Å². The van der Waals surface area contributed by atoms with Crippen LogP contribution in [0.15, 0.2) is 63.4 Å². The summed E-state index contributed by atoms with van der Waals surface area (Å²) in [5.41, 5.74) is 5.16. The Kier molecular flexibility index (Phi) is 10.8. The van der Waals surface area contributed by atoms with Gasteiger partial charge in [-0.05, 0) is 77.4 Å². The van der Waals surface area contributed by atoms with E-state index in [4.69, 9.17) is 4.74 Å². The minimum Gasteiger partial charge on any atom is -0.453 e. The van der Waals surface area contributed by atoms with Gasteiger partial charge < -0.3 is 15.4 Å². The van der Waals surface area contributed by atoms with Gasteiger partial charge in [0.2, 0.25) is 10.0 Å². The van der Waals surface area contributed by atoms with Crippen molar-refractivity contribution in [2.45, 2.75) is 65.3 Å². The lowest BCUT2D eigenvalue weighted by Crippen LogP contribution is -2.34. The third-order valence-corrected chi connectivity index (χ3v) is 9.91. The molecule has 2 aromatic carbocycles. The number of ketones is 1. The van der Waals surface area contributed by atoms with Crippen molar-refractivity contribution in [1.82, 2.24) is 5.32 Å². The SMILES string of the molecule is CCCC1CC(=O)C2=C(C1)NC(C)=C(C#N)C2c1cc(Br)c(NCc2ccccc2NC(=O)OC)c(NS(=O)(=O)CCC)c1. The van der Waals surface area contributed by atoms with Crippen molar-refractivity contribution in [3.8, 4) is 6.07 Å². The molecule has 10 nitrogen and oxygen atoms in total. The maximum Gasteiger partial charge on any atom is 0.411 e. The normalized spacial score (nSPS) is 18.2. The topological polar surface area (TPSA) is 149 Å². The quantitative estimate of drug-likeness (QED) is 0.200.